The van der Waals surface area contributed by atoms with Gasteiger partial charge in [0.05, 0.1) is 0 Å². The van der Waals surface area contributed by atoms with Crippen LogP contribution in [-0.2, 0) is 0 Å². The summed E-state index contributed by atoms with van der Waals surface area (Å²) in [4.78, 5) is 7.93. The molecule has 0 aliphatic carbocycles. The third kappa shape index (κ3) is 1.98. The van der Waals surface area contributed by atoms with Gasteiger partial charge in [-0.3, -0.25) is 4.98 Å². The zero-order chi connectivity index (χ0) is 11.5. The van der Waals surface area contributed by atoms with Crippen molar-refractivity contribution in [2.75, 3.05) is 5.73 Å². The molecule has 0 saturated carbocycles. The number of anilines is 1. The molecule has 1 aromatic heterocycles. The Morgan fingerprint density at radius 2 is 1.62 bits per heavy atom. The lowest BCUT2D eigenvalue weighted by Crippen LogP contribution is -1.96. The van der Waals surface area contributed by atoms with E-state index in [9.17, 15) is 8.78 Å². The number of nitrogen functional groups attached to an aromatic ring is 1. The topological polar surface area (TPSA) is 51.8 Å². The van der Waals surface area contributed by atoms with Crippen LogP contribution < -0.4 is 5.73 Å². The minimum atomic E-state index is -2.46. The van der Waals surface area contributed by atoms with Gasteiger partial charge < -0.3 is 5.73 Å². The number of halogens is 2. The van der Waals surface area contributed by atoms with Gasteiger partial charge in [-0.2, -0.15) is 0 Å². The fourth-order valence-corrected chi connectivity index (χ4v) is 1.36. The van der Waals surface area contributed by atoms with Crippen molar-refractivity contribution in [1.82, 2.24) is 9.97 Å². The molecular weight excluding hydrogens is 212 g/mol. The predicted octanol–water partition coefficient (Wildman–Crippen LogP) is 2.66. The van der Waals surface area contributed by atoms with Gasteiger partial charge in [0.1, 0.15) is 11.5 Å². The monoisotopic (exact) mass is 221 g/mol. The number of rotatable bonds is 2. The van der Waals surface area contributed by atoms with Crippen LogP contribution in [0.4, 0.5) is 14.6 Å². The minimum Gasteiger partial charge on any atom is -0.382 e. The van der Waals surface area contributed by atoms with E-state index in [0.29, 0.717) is 11.3 Å². The second kappa shape index (κ2) is 4.22. The van der Waals surface area contributed by atoms with E-state index >= 15 is 0 Å². The molecule has 0 spiro atoms. The first-order chi connectivity index (χ1) is 7.68. The van der Waals surface area contributed by atoms with Crippen LogP contribution in [0.3, 0.4) is 0 Å². The Balaban J connectivity index is 2.39. The molecule has 5 heteroatoms. The first-order valence-corrected chi connectivity index (χ1v) is 4.63. The molecule has 0 bridgehead atoms. The number of hydrogen-bond acceptors (Lipinski definition) is 3. The van der Waals surface area contributed by atoms with Crippen molar-refractivity contribution in [1.29, 1.82) is 0 Å². The molecule has 0 amide bonds. The average molecular weight is 221 g/mol. The van der Waals surface area contributed by atoms with E-state index in [-0.39, 0.29) is 11.4 Å². The van der Waals surface area contributed by atoms with Crippen LogP contribution >= 0.6 is 0 Å². The second-order valence-electron chi connectivity index (χ2n) is 3.21. The fourth-order valence-electron chi connectivity index (χ4n) is 1.36. The summed E-state index contributed by atoms with van der Waals surface area (Å²) in [6.07, 6.45) is 0.521. The standard InChI is InChI=1S/C11H9F2N3/c12-10(13)8-3-1-7(2-4-8)9-11(14)16-6-5-15-9/h1-6,10H,(H2,14,16). The molecule has 0 unspecified atom stereocenters. The summed E-state index contributed by atoms with van der Waals surface area (Å²) in [5.74, 6) is 0.285. The van der Waals surface area contributed by atoms with E-state index in [0.717, 1.165) is 0 Å². The lowest BCUT2D eigenvalue weighted by atomic mass is 10.1. The highest BCUT2D eigenvalue weighted by Crippen LogP contribution is 2.24. The van der Waals surface area contributed by atoms with Crippen LogP contribution in [0.2, 0.25) is 0 Å². The zero-order valence-electron chi connectivity index (χ0n) is 8.27. The Morgan fingerprint density at radius 3 is 2.19 bits per heavy atom. The maximum absolute atomic E-state index is 12.3. The first kappa shape index (κ1) is 10.5. The summed E-state index contributed by atoms with van der Waals surface area (Å²) >= 11 is 0. The summed E-state index contributed by atoms with van der Waals surface area (Å²) in [5.41, 5.74) is 6.79. The maximum atomic E-state index is 12.3. The minimum absolute atomic E-state index is 0.0220. The van der Waals surface area contributed by atoms with E-state index in [4.69, 9.17) is 5.73 Å². The summed E-state index contributed by atoms with van der Waals surface area (Å²) in [5, 5.41) is 0. The van der Waals surface area contributed by atoms with Crippen molar-refractivity contribution in [3.8, 4) is 11.3 Å². The number of hydrogen-bond donors (Lipinski definition) is 1. The van der Waals surface area contributed by atoms with Gasteiger partial charge in [-0.05, 0) is 0 Å². The summed E-state index contributed by atoms with van der Waals surface area (Å²) in [7, 11) is 0. The van der Waals surface area contributed by atoms with Crippen LogP contribution in [-0.4, -0.2) is 9.97 Å². The molecule has 2 aromatic rings. The van der Waals surface area contributed by atoms with Crippen molar-refractivity contribution < 1.29 is 8.78 Å². The first-order valence-electron chi connectivity index (χ1n) is 4.63. The molecule has 16 heavy (non-hydrogen) atoms. The number of aromatic nitrogens is 2. The lowest BCUT2D eigenvalue weighted by Gasteiger charge is -2.04. The van der Waals surface area contributed by atoms with E-state index < -0.39 is 6.43 Å². The quantitative estimate of drug-likeness (QED) is 0.848. The Labute approximate surface area is 91.0 Å². The summed E-state index contributed by atoms with van der Waals surface area (Å²) in [6, 6.07) is 5.83. The third-order valence-electron chi connectivity index (χ3n) is 2.16. The summed E-state index contributed by atoms with van der Waals surface area (Å²) in [6.45, 7) is 0. The SMILES string of the molecule is Nc1nccnc1-c1ccc(C(F)F)cc1. The summed E-state index contributed by atoms with van der Waals surface area (Å²) < 4.78 is 24.7. The van der Waals surface area contributed by atoms with Crippen LogP contribution in [0.15, 0.2) is 36.7 Å². The molecule has 2 rings (SSSR count). The highest BCUT2D eigenvalue weighted by Gasteiger charge is 2.08. The fraction of sp³-hybridized carbons (Fsp3) is 0.0909. The van der Waals surface area contributed by atoms with Gasteiger partial charge in [0.2, 0.25) is 0 Å². The molecule has 0 fully saturated rings. The van der Waals surface area contributed by atoms with Crippen molar-refractivity contribution in [2.45, 2.75) is 6.43 Å². The smallest absolute Gasteiger partial charge is 0.263 e. The van der Waals surface area contributed by atoms with Gasteiger partial charge in [0.25, 0.3) is 6.43 Å². The Morgan fingerprint density at radius 1 is 1.00 bits per heavy atom. The van der Waals surface area contributed by atoms with Gasteiger partial charge in [-0.15, -0.1) is 0 Å². The Hall–Kier alpha value is -2.04. The zero-order valence-corrected chi connectivity index (χ0v) is 8.27. The number of nitrogens with zero attached hydrogens (tertiary/aromatic N) is 2. The molecule has 1 heterocycles. The molecule has 0 atom stereocenters. The second-order valence-corrected chi connectivity index (χ2v) is 3.21. The normalized spacial score (nSPS) is 10.7. The molecule has 3 nitrogen and oxygen atoms in total. The number of nitrogens with two attached hydrogens (primary N) is 1. The Kier molecular flexibility index (Phi) is 2.76. The van der Waals surface area contributed by atoms with E-state index in [1.807, 2.05) is 0 Å². The average Bonchev–Trinajstić information content (AvgIpc) is 2.30. The van der Waals surface area contributed by atoms with E-state index in [2.05, 4.69) is 9.97 Å². The molecule has 0 saturated heterocycles. The predicted molar refractivity (Wildman–Crippen MR) is 56.8 cm³/mol. The highest BCUT2D eigenvalue weighted by molar-refractivity contribution is 5.69. The van der Waals surface area contributed by atoms with Gasteiger partial charge in [-0.1, -0.05) is 24.3 Å². The van der Waals surface area contributed by atoms with Crippen molar-refractivity contribution >= 4 is 5.82 Å². The lowest BCUT2D eigenvalue weighted by molar-refractivity contribution is 0.151. The van der Waals surface area contributed by atoms with Crippen LogP contribution in [0.5, 0.6) is 0 Å². The molecule has 82 valence electrons. The highest BCUT2D eigenvalue weighted by atomic mass is 19.3. The number of benzene rings is 1. The van der Waals surface area contributed by atoms with Crippen molar-refractivity contribution in [3.05, 3.63) is 42.2 Å². The molecule has 0 aliphatic rings. The van der Waals surface area contributed by atoms with E-state index in [1.165, 1.54) is 24.5 Å². The third-order valence-corrected chi connectivity index (χ3v) is 2.16. The molecule has 1 aromatic carbocycles. The van der Waals surface area contributed by atoms with Gasteiger partial charge >= 0.3 is 0 Å². The number of alkyl halides is 2. The molecule has 0 radical (unpaired) electrons. The van der Waals surface area contributed by atoms with E-state index in [1.54, 1.807) is 12.1 Å². The van der Waals surface area contributed by atoms with Crippen molar-refractivity contribution in [3.63, 3.8) is 0 Å². The van der Waals surface area contributed by atoms with Gasteiger partial charge in [0, 0.05) is 23.5 Å². The van der Waals surface area contributed by atoms with Crippen LogP contribution in [0.1, 0.15) is 12.0 Å². The molecule has 2 N–H and O–H groups in total. The van der Waals surface area contributed by atoms with Crippen LogP contribution in [0.25, 0.3) is 11.3 Å². The van der Waals surface area contributed by atoms with Crippen molar-refractivity contribution in [2.24, 2.45) is 0 Å². The molecular formula is C11H9F2N3. The van der Waals surface area contributed by atoms with Gasteiger partial charge in [-0.25, -0.2) is 13.8 Å². The Bertz CT molecular complexity index is 483. The molecule has 0 aliphatic heterocycles. The largest absolute Gasteiger partial charge is 0.382 e. The van der Waals surface area contributed by atoms with Gasteiger partial charge in [0.15, 0.2) is 0 Å². The van der Waals surface area contributed by atoms with Crippen LogP contribution in [0, 0.1) is 0 Å². The maximum Gasteiger partial charge on any atom is 0.263 e.